The van der Waals surface area contributed by atoms with E-state index in [4.69, 9.17) is 9.47 Å². The Balaban J connectivity index is 3.24. The van der Waals surface area contributed by atoms with Gasteiger partial charge in [-0.25, -0.2) is 0 Å². The van der Waals surface area contributed by atoms with Crippen molar-refractivity contribution in [3.63, 3.8) is 0 Å². The zero-order valence-electron chi connectivity index (χ0n) is 18.2. The Morgan fingerprint density at radius 3 is 2.64 bits per heavy atom. The summed E-state index contributed by atoms with van der Waals surface area (Å²) in [5.41, 5.74) is 0. The number of ketones is 1. The van der Waals surface area contributed by atoms with E-state index in [1.807, 2.05) is 10.8 Å². The Hall–Kier alpha value is -0.230. The maximum atomic E-state index is 11.8. The van der Waals surface area contributed by atoms with Gasteiger partial charge in [-0.2, -0.15) is 0 Å². The SMILES string of the molecule is CCC(C)NCCSSCOCCCCC(=O)CNCCOCC#CC(C)C. The molecule has 0 spiro atoms. The van der Waals surface area contributed by atoms with Crippen LogP contribution in [0.3, 0.4) is 0 Å². The molecule has 0 aromatic rings. The molecule has 1 unspecified atom stereocenters. The lowest BCUT2D eigenvalue weighted by molar-refractivity contribution is -0.118. The van der Waals surface area contributed by atoms with Crippen molar-refractivity contribution in [2.75, 3.05) is 51.1 Å². The first kappa shape index (κ1) is 27.8. The second-order valence-electron chi connectivity index (χ2n) is 6.93. The summed E-state index contributed by atoms with van der Waals surface area (Å²) in [6, 6.07) is 0.600. The van der Waals surface area contributed by atoms with Crippen LogP contribution in [0.25, 0.3) is 0 Å². The van der Waals surface area contributed by atoms with Crippen LogP contribution >= 0.6 is 21.6 Å². The first-order chi connectivity index (χ1) is 13.6. The molecule has 1 atom stereocenters. The fraction of sp³-hybridized carbons (Fsp3) is 0.857. The molecule has 0 saturated heterocycles. The third-order valence-corrected chi connectivity index (χ3v) is 5.90. The molecule has 0 radical (unpaired) electrons. The molecule has 5 nitrogen and oxygen atoms in total. The number of rotatable bonds is 19. The fourth-order valence-electron chi connectivity index (χ4n) is 2.03. The van der Waals surface area contributed by atoms with Crippen LogP contribution in [-0.2, 0) is 14.3 Å². The lowest BCUT2D eigenvalue weighted by atomic mass is 10.2. The third-order valence-electron chi connectivity index (χ3n) is 3.81. The smallest absolute Gasteiger partial charge is 0.146 e. The van der Waals surface area contributed by atoms with Gasteiger partial charge in [-0.1, -0.05) is 54.2 Å². The van der Waals surface area contributed by atoms with Gasteiger partial charge in [-0.05, 0) is 26.2 Å². The highest BCUT2D eigenvalue weighted by Crippen LogP contribution is 2.20. The first-order valence-corrected chi connectivity index (χ1v) is 12.9. The van der Waals surface area contributed by atoms with Crippen molar-refractivity contribution in [1.29, 1.82) is 0 Å². The Kier molecular flexibility index (Phi) is 21.3. The highest BCUT2D eigenvalue weighted by Gasteiger charge is 2.01. The van der Waals surface area contributed by atoms with Gasteiger partial charge < -0.3 is 20.1 Å². The molecule has 0 heterocycles. The van der Waals surface area contributed by atoms with Crippen LogP contribution in [0.5, 0.6) is 0 Å². The summed E-state index contributed by atoms with van der Waals surface area (Å²) in [6.07, 6.45) is 3.60. The summed E-state index contributed by atoms with van der Waals surface area (Å²) in [6.45, 7) is 12.4. The quantitative estimate of drug-likeness (QED) is 0.140. The van der Waals surface area contributed by atoms with Gasteiger partial charge in [0.15, 0.2) is 0 Å². The van der Waals surface area contributed by atoms with Gasteiger partial charge in [-0.3, -0.25) is 4.79 Å². The van der Waals surface area contributed by atoms with E-state index in [0.29, 0.717) is 50.6 Å². The average molecular weight is 433 g/mol. The Bertz CT molecular complexity index is 426. The summed E-state index contributed by atoms with van der Waals surface area (Å²) in [5, 5.41) is 6.59. The molecule has 0 aliphatic carbocycles. The van der Waals surface area contributed by atoms with Crippen molar-refractivity contribution >= 4 is 27.4 Å². The second-order valence-corrected chi connectivity index (χ2v) is 9.46. The number of nitrogens with one attached hydrogen (secondary N) is 2. The van der Waals surface area contributed by atoms with Gasteiger partial charge in [0.1, 0.15) is 18.3 Å². The molecule has 0 bridgehead atoms. The van der Waals surface area contributed by atoms with Crippen LogP contribution in [0.15, 0.2) is 0 Å². The van der Waals surface area contributed by atoms with Gasteiger partial charge >= 0.3 is 0 Å². The van der Waals surface area contributed by atoms with Gasteiger partial charge in [-0.15, -0.1) is 0 Å². The number of hydrogen-bond acceptors (Lipinski definition) is 7. The number of carbonyl (C=O) groups excluding carboxylic acids is 1. The molecule has 0 fully saturated rings. The van der Waals surface area contributed by atoms with Crippen molar-refractivity contribution in [3.8, 4) is 11.8 Å². The van der Waals surface area contributed by atoms with Gasteiger partial charge in [0.05, 0.1) is 13.2 Å². The normalized spacial score (nSPS) is 12.0. The van der Waals surface area contributed by atoms with Crippen LogP contribution < -0.4 is 10.6 Å². The zero-order valence-corrected chi connectivity index (χ0v) is 19.8. The van der Waals surface area contributed by atoms with Crippen LogP contribution in [0.2, 0.25) is 0 Å². The fourth-order valence-corrected chi connectivity index (χ4v) is 3.62. The molecule has 0 aliphatic heterocycles. The first-order valence-electron chi connectivity index (χ1n) is 10.4. The third kappa shape index (κ3) is 22.1. The van der Waals surface area contributed by atoms with Crippen molar-refractivity contribution in [3.05, 3.63) is 0 Å². The monoisotopic (exact) mass is 432 g/mol. The molecule has 0 rings (SSSR count). The van der Waals surface area contributed by atoms with E-state index in [2.05, 4.69) is 50.2 Å². The van der Waals surface area contributed by atoms with Crippen molar-refractivity contribution < 1.29 is 14.3 Å². The molecule has 0 aromatic carbocycles. The number of unbranched alkanes of at least 4 members (excludes halogenated alkanes) is 1. The van der Waals surface area contributed by atoms with E-state index in [1.165, 1.54) is 6.42 Å². The average Bonchev–Trinajstić information content (AvgIpc) is 2.67. The van der Waals surface area contributed by atoms with Crippen LogP contribution in [0.1, 0.15) is 53.4 Å². The number of ether oxygens (including phenoxy) is 2. The molecule has 0 saturated carbocycles. The Morgan fingerprint density at radius 2 is 1.89 bits per heavy atom. The maximum absolute atomic E-state index is 11.8. The predicted octanol–water partition coefficient (Wildman–Crippen LogP) is 3.74. The topological polar surface area (TPSA) is 59.6 Å². The lowest BCUT2D eigenvalue weighted by Crippen LogP contribution is -2.27. The summed E-state index contributed by atoms with van der Waals surface area (Å²) >= 11 is 0. The zero-order chi connectivity index (χ0) is 20.9. The molecule has 2 N–H and O–H groups in total. The highest BCUT2D eigenvalue weighted by atomic mass is 33.1. The Labute approximate surface area is 180 Å². The second kappa shape index (κ2) is 21.5. The van der Waals surface area contributed by atoms with E-state index < -0.39 is 0 Å². The molecule has 28 heavy (non-hydrogen) atoms. The molecule has 0 amide bonds. The van der Waals surface area contributed by atoms with E-state index in [-0.39, 0.29) is 5.78 Å². The number of hydrogen-bond donors (Lipinski definition) is 2. The summed E-state index contributed by atoms with van der Waals surface area (Å²) in [4.78, 5) is 11.8. The van der Waals surface area contributed by atoms with E-state index in [1.54, 1.807) is 10.8 Å². The maximum Gasteiger partial charge on any atom is 0.146 e. The van der Waals surface area contributed by atoms with E-state index >= 15 is 0 Å². The Morgan fingerprint density at radius 1 is 1.07 bits per heavy atom. The number of Topliss-reactive ketones (excluding diaryl/α,β-unsaturated/α-hetero) is 1. The highest BCUT2D eigenvalue weighted by molar-refractivity contribution is 8.76. The van der Waals surface area contributed by atoms with Gasteiger partial charge in [0, 0.05) is 43.8 Å². The molecular formula is C21H40N2O3S2. The molecule has 7 heteroatoms. The van der Waals surface area contributed by atoms with Crippen LogP contribution in [0, 0.1) is 17.8 Å². The summed E-state index contributed by atoms with van der Waals surface area (Å²) in [7, 11) is 3.60. The van der Waals surface area contributed by atoms with Crippen molar-refractivity contribution in [2.45, 2.75) is 59.4 Å². The van der Waals surface area contributed by atoms with Gasteiger partial charge in [0.2, 0.25) is 0 Å². The minimum Gasteiger partial charge on any atom is -0.370 e. The van der Waals surface area contributed by atoms with Gasteiger partial charge in [0.25, 0.3) is 0 Å². The minimum atomic E-state index is 0.248. The van der Waals surface area contributed by atoms with Crippen molar-refractivity contribution in [2.24, 2.45) is 5.92 Å². The van der Waals surface area contributed by atoms with E-state index in [9.17, 15) is 4.79 Å². The molecule has 0 aliphatic rings. The van der Waals surface area contributed by atoms with Crippen LogP contribution in [-0.4, -0.2) is 63.0 Å². The van der Waals surface area contributed by atoms with E-state index in [0.717, 1.165) is 31.7 Å². The predicted molar refractivity (Wildman–Crippen MR) is 124 cm³/mol. The number of carbonyl (C=O) groups is 1. The lowest BCUT2D eigenvalue weighted by Gasteiger charge is -2.10. The summed E-state index contributed by atoms with van der Waals surface area (Å²) < 4.78 is 11.0. The summed E-state index contributed by atoms with van der Waals surface area (Å²) in [5.74, 6) is 8.45. The van der Waals surface area contributed by atoms with Crippen LogP contribution in [0.4, 0.5) is 0 Å². The molecule has 0 aromatic heterocycles. The molecule has 164 valence electrons. The standard InChI is InChI=1S/C21H40N2O3S2/c1-5-20(4)23-12-16-27-28-18-26-13-7-6-10-21(24)17-22-11-15-25-14-8-9-19(2)3/h19-20,22-23H,5-7,10-18H2,1-4H3. The largest absolute Gasteiger partial charge is 0.370 e. The molecular weight excluding hydrogens is 392 g/mol. The van der Waals surface area contributed by atoms with Crippen molar-refractivity contribution in [1.82, 2.24) is 10.6 Å². The minimum absolute atomic E-state index is 0.248.